The minimum Gasteiger partial charge on any atom is -0.493 e. The van der Waals surface area contributed by atoms with Gasteiger partial charge in [-0.3, -0.25) is 4.79 Å². The molecular formula is C22H24N4O2S. The molecule has 7 heteroatoms. The van der Waals surface area contributed by atoms with Gasteiger partial charge in [-0.05, 0) is 48.7 Å². The third-order valence-electron chi connectivity index (χ3n) is 4.79. The maximum absolute atomic E-state index is 13.3. The molecule has 0 saturated carbocycles. The minimum atomic E-state index is -0.454. The summed E-state index contributed by atoms with van der Waals surface area (Å²) < 4.78 is 1.27. The summed E-state index contributed by atoms with van der Waals surface area (Å²) in [5.41, 5.74) is 8.22. The summed E-state index contributed by atoms with van der Waals surface area (Å²) in [6.45, 7) is 6.17. The van der Waals surface area contributed by atoms with E-state index in [0.29, 0.717) is 16.8 Å². The summed E-state index contributed by atoms with van der Waals surface area (Å²) >= 11 is 4.72. The van der Waals surface area contributed by atoms with Crippen LogP contribution in [0.25, 0.3) is 10.9 Å². The third kappa shape index (κ3) is 4.35. The van der Waals surface area contributed by atoms with Gasteiger partial charge in [0, 0.05) is 5.39 Å². The molecule has 0 aliphatic heterocycles. The van der Waals surface area contributed by atoms with Gasteiger partial charge in [0.1, 0.15) is 0 Å². The SMILES string of the molecule is CC(C)Cc1ccc(C(C)C(=O)n2c(O)c(N=NC(N)=S)c3ccccc32)cc1. The Morgan fingerprint density at radius 1 is 1.14 bits per heavy atom. The Balaban J connectivity index is 2.00. The van der Waals surface area contributed by atoms with Gasteiger partial charge in [0.25, 0.3) is 0 Å². The van der Waals surface area contributed by atoms with Crippen molar-refractivity contribution in [1.29, 1.82) is 0 Å². The molecule has 0 bridgehead atoms. The highest BCUT2D eigenvalue weighted by Crippen LogP contribution is 2.40. The second-order valence-corrected chi connectivity index (χ2v) is 7.88. The monoisotopic (exact) mass is 408 g/mol. The van der Waals surface area contributed by atoms with Crippen molar-refractivity contribution in [3.05, 3.63) is 59.7 Å². The molecule has 0 aliphatic carbocycles. The van der Waals surface area contributed by atoms with Crippen LogP contribution in [0.15, 0.2) is 58.8 Å². The van der Waals surface area contributed by atoms with Crippen LogP contribution in [-0.4, -0.2) is 20.7 Å². The van der Waals surface area contributed by atoms with Crippen LogP contribution in [0.4, 0.5) is 5.69 Å². The number of benzene rings is 2. The number of rotatable bonds is 5. The molecule has 1 heterocycles. The fraction of sp³-hybridized carbons (Fsp3) is 0.273. The fourth-order valence-electron chi connectivity index (χ4n) is 3.38. The molecule has 3 N–H and O–H groups in total. The number of aromatic nitrogens is 1. The van der Waals surface area contributed by atoms with E-state index in [1.165, 1.54) is 10.1 Å². The zero-order valence-electron chi connectivity index (χ0n) is 16.7. The first-order valence-electron chi connectivity index (χ1n) is 9.46. The quantitative estimate of drug-likeness (QED) is 0.441. The van der Waals surface area contributed by atoms with Gasteiger partial charge in [-0.1, -0.05) is 56.3 Å². The van der Waals surface area contributed by atoms with Crippen LogP contribution in [0.1, 0.15) is 42.6 Å². The van der Waals surface area contributed by atoms with Crippen LogP contribution >= 0.6 is 12.2 Å². The molecule has 2 aromatic carbocycles. The van der Waals surface area contributed by atoms with Gasteiger partial charge in [0.2, 0.25) is 16.9 Å². The summed E-state index contributed by atoms with van der Waals surface area (Å²) in [4.78, 5) is 13.3. The Bertz CT molecular complexity index is 1080. The van der Waals surface area contributed by atoms with E-state index in [1.807, 2.05) is 19.1 Å². The zero-order valence-corrected chi connectivity index (χ0v) is 17.5. The molecule has 6 nitrogen and oxygen atoms in total. The smallest absolute Gasteiger partial charge is 0.241 e. The van der Waals surface area contributed by atoms with Gasteiger partial charge in [0.15, 0.2) is 5.69 Å². The van der Waals surface area contributed by atoms with Crippen molar-refractivity contribution < 1.29 is 9.90 Å². The van der Waals surface area contributed by atoms with Crippen molar-refractivity contribution >= 4 is 39.8 Å². The Morgan fingerprint density at radius 2 is 1.79 bits per heavy atom. The molecule has 3 rings (SSSR count). The summed E-state index contributed by atoms with van der Waals surface area (Å²) in [5.74, 6) is -0.422. The van der Waals surface area contributed by atoms with Crippen molar-refractivity contribution in [2.45, 2.75) is 33.1 Å². The molecule has 0 spiro atoms. The molecule has 0 saturated heterocycles. The molecule has 0 fully saturated rings. The number of nitrogens with zero attached hydrogens (tertiary/aromatic N) is 3. The third-order valence-corrected chi connectivity index (χ3v) is 4.87. The lowest BCUT2D eigenvalue weighted by Gasteiger charge is -2.14. The van der Waals surface area contributed by atoms with Gasteiger partial charge >= 0.3 is 0 Å². The van der Waals surface area contributed by atoms with E-state index in [2.05, 4.69) is 36.2 Å². The molecule has 0 aliphatic rings. The van der Waals surface area contributed by atoms with Crippen LogP contribution in [0.5, 0.6) is 5.88 Å². The van der Waals surface area contributed by atoms with Crippen LogP contribution in [0.3, 0.4) is 0 Å². The molecule has 0 radical (unpaired) electrons. The number of carbonyl (C=O) groups is 1. The highest BCUT2D eigenvalue weighted by molar-refractivity contribution is 7.80. The van der Waals surface area contributed by atoms with Gasteiger partial charge in [-0.2, -0.15) is 0 Å². The number of thiocarbonyl (C=S) groups is 1. The van der Waals surface area contributed by atoms with E-state index < -0.39 is 5.92 Å². The second-order valence-electron chi connectivity index (χ2n) is 7.46. The van der Waals surface area contributed by atoms with Crippen molar-refractivity contribution in [2.75, 3.05) is 0 Å². The van der Waals surface area contributed by atoms with Crippen LogP contribution in [0, 0.1) is 5.92 Å². The summed E-state index contributed by atoms with van der Waals surface area (Å²) in [7, 11) is 0. The first-order valence-corrected chi connectivity index (χ1v) is 9.87. The molecule has 0 amide bonds. The molecular weight excluding hydrogens is 384 g/mol. The number of carbonyl (C=O) groups excluding carboxylic acids is 1. The largest absolute Gasteiger partial charge is 0.493 e. The van der Waals surface area contributed by atoms with E-state index in [1.54, 1.807) is 24.3 Å². The zero-order chi connectivity index (χ0) is 21.1. The Hall–Kier alpha value is -3.06. The Labute approximate surface area is 175 Å². The van der Waals surface area contributed by atoms with Crippen molar-refractivity contribution in [3.63, 3.8) is 0 Å². The lowest BCUT2D eigenvalue weighted by Crippen LogP contribution is -2.17. The van der Waals surface area contributed by atoms with Gasteiger partial charge in [-0.25, -0.2) is 4.57 Å². The average molecular weight is 409 g/mol. The van der Waals surface area contributed by atoms with Crippen LogP contribution in [-0.2, 0) is 6.42 Å². The first kappa shape index (κ1) is 20.7. The van der Waals surface area contributed by atoms with Gasteiger partial charge in [-0.15, -0.1) is 10.2 Å². The standard InChI is InChI=1S/C22H24N4O2S/c1-13(2)12-15-8-10-16(11-9-15)14(3)20(27)26-18-7-5-4-6-17(18)19(21(26)28)24-25-22(23)29/h4-11,13-14,28H,12H2,1-3H3,(H2,23,29). The second kappa shape index (κ2) is 8.53. The summed E-state index contributed by atoms with van der Waals surface area (Å²) in [6, 6.07) is 15.2. The van der Waals surface area contributed by atoms with E-state index in [-0.39, 0.29) is 22.6 Å². The molecule has 3 aromatic rings. The van der Waals surface area contributed by atoms with E-state index in [9.17, 15) is 9.90 Å². The molecule has 1 atom stereocenters. The molecule has 1 aromatic heterocycles. The van der Waals surface area contributed by atoms with Crippen LogP contribution in [0.2, 0.25) is 0 Å². The van der Waals surface area contributed by atoms with E-state index in [4.69, 9.17) is 18.0 Å². The number of nitrogens with two attached hydrogens (primary N) is 1. The number of hydrogen-bond acceptors (Lipinski definition) is 4. The fourth-order valence-corrected chi connectivity index (χ4v) is 3.42. The minimum absolute atomic E-state index is 0.151. The molecule has 1 unspecified atom stereocenters. The van der Waals surface area contributed by atoms with Crippen molar-refractivity contribution in [2.24, 2.45) is 21.9 Å². The number of para-hydroxylation sites is 1. The number of aromatic hydroxyl groups is 1. The normalized spacial score (nSPS) is 12.7. The number of azo groups is 1. The average Bonchev–Trinajstić information content (AvgIpc) is 2.96. The maximum Gasteiger partial charge on any atom is 0.241 e. The lowest BCUT2D eigenvalue weighted by atomic mass is 9.96. The summed E-state index contributed by atoms with van der Waals surface area (Å²) in [5, 5.41) is 18.8. The topological polar surface area (TPSA) is 93.0 Å². The van der Waals surface area contributed by atoms with Crippen LogP contribution < -0.4 is 5.73 Å². The first-order chi connectivity index (χ1) is 13.8. The van der Waals surface area contributed by atoms with Gasteiger partial charge in [0.05, 0.1) is 11.4 Å². The van der Waals surface area contributed by atoms with Crippen molar-refractivity contribution in [3.8, 4) is 5.88 Å². The number of hydrogen-bond donors (Lipinski definition) is 2. The molecule has 29 heavy (non-hydrogen) atoms. The van der Waals surface area contributed by atoms with Crippen molar-refractivity contribution in [1.82, 2.24) is 4.57 Å². The highest BCUT2D eigenvalue weighted by atomic mass is 32.1. The highest BCUT2D eigenvalue weighted by Gasteiger charge is 2.25. The van der Waals surface area contributed by atoms with E-state index >= 15 is 0 Å². The Morgan fingerprint density at radius 3 is 2.41 bits per heavy atom. The predicted molar refractivity (Wildman–Crippen MR) is 119 cm³/mol. The predicted octanol–water partition coefficient (Wildman–Crippen LogP) is 5.32. The maximum atomic E-state index is 13.3. The molecule has 150 valence electrons. The van der Waals surface area contributed by atoms with Gasteiger partial charge < -0.3 is 10.8 Å². The lowest BCUT2D eigenvalue weighted by molar-refractivity contribution is 0.0881. The number of fused-ring (bicyclic) bond motifs is 1. The van der Waals surface area contributed by atoms with E-state index in [0.717, 1.165) is 12.0 Å². The Kier molecular flexibility index (Phi) is 6.08. The summed E-state index contributed by atoms with van der Waals surface area (Å²) in [6.07, 6.45) is 0.989.